The number of nitrogens with zero attached hydrogens (tertiary/aromatic N) is 3. The second-order valence-corrected chi connectivity index (χ2v) is 8.84. The molecule has 0 bridgehead atoms. The highest BCUT2D eigenvalue weighted by Gasteiger charge is 2.31. The first-order valence-corrected chi connectivity index (χ1v) is 12.0. The van der Waals surface area contributed by atoms with Crippen molar-refractivity contribution >= 4 is 23.5 Å². The summed E-state index contributed by atoms with van der Waals surface area (Å²) in [6, 6.07) is 3.99. The van der Waals surface area contributed by atoms with Gasteiger partial charge in [-0.05, 0) is 37.8 Å². The Balaban J connectivity index is 1.28. The number of ether oxygens (including phenoxy) is 2. The minimum atomic E-state index is -0.0624. The second-order valence-electron chi connectivity index (χ2n) is 8.84. The SMILES string of the molecule is COc1c(OCCCCC(=O)N(CCO)C2CCCCC2)ccc2c1CN1CC(=O)NC1=N2. The van der Waals surface area contributed by atoms with Gasteiger partial charge >= 0.3 is 0 Å². The van der Waals surface area contributed by atoms with Crippen molar-refractivity contribution in [3.05, 3.63) is 17.7 Å². The van der Waals surface area contributed by atoms with Crippen molar-refractivity contribution in [2.75, 3.05) is 33.4 Å². The summed E-state index contributed by atoms with van der Waals surface area (Å²) in [6.45, 7) is 1.73. The molecule has 2 heterocycles. The van der Waals surface area contributed by atoms with Crippen molar-refractivity contribution in [2.24, 2.45) is 4.99 Å². The summed E-state index contributed by atoms with van der Waals surface area (Å²) >= 11 is 0. The van der Waals surface area contributed by atoms with Crippen LogP contribution in [0.3, 0.4) is 0 Å². The second kappa shape index (κ2) is 10.9. The van der Waals surface area contributed by atoms with Crippen molar-refractivity contribution in [1.29, 1.82) is 0 Å². The number of unbranched alkanes of at least 4 members (excludes halogenated alkanes) is 1. The molecule has 2 fully saturated rings. The number of rotatable bonds is 10. The lowest BCUT2D eigenvalue weighted by atomic mass is 9.94. The van der Waals surface area contributed by atoms with Gasteiger partial charge in [-0.3, -0.25) is 14.9 Å². The Hall–Kier alpha value is -2.81. The Kier molecular flexibility index (Phi) is 7.69. The molecule has 2 aliphatic heterocycles. The van der Waals surface area contributed by atoms with Crippen LogP contribution in [0.25, 0.3) is 0 Å². The molecule has 0 spiro atoms. The fourth-order valence-electron chi connectivity index (χ4n) is 4.93. The quantitative estimate of drug-likeness (QED) is 0.522. The molecule has 1 saturated heterocycles. The van der Waals surface area contributed by atoms with Gasteiger partial charge in [-0.25, -0.2) is 4.99 Å². The molecule has 2 N–H and O–H groups in total. The number of carbonyl (C=O) groups excluding carboxylic acids is 2. The fourth-order valence-corrected chi connectivity index (χ4v) is 4.93. The highest BCUT2D eigenvalue weighted by molar-refractivity contribution is 6.06. The first-order valence-electron chi connectivity index (χ1n) is 12.0. The van der Waals surface area contributed by atoms with Gasteiger partial charge in [0.05, 0.1) is 32.6 Å². The van der Waals surface area contributed by atoms with Crippen LogP contribution >= 0.6 is 0 Å². The van der Waals surface area contributed by atoms with Gasteiger partial charge < -0.3 is 24.4 Å². The molecule has 1 aromatic carbocycles. The van der Waals surface area contributed by atoms with Crippen molar-refractivity contribution in [3.63, 3.8) is 0 Å². The molecule has 9 nitrogen and oxygen atoms in total. The lowest BCUT2D eigenvalue weighted by molar-refractivity contribution is -0.135. The normalized spacial score (nSPS) is 17.7. The number of amides is 2. The molecule has 0 unspecified atom stereocenters. The van der Waals surface area contributed by atoms with Crippen LogP contribution in [-0.2, 0) is 16.1 Å². The van der Waals surface area contributed by atoms with E-state index in [1.807, 2.05) is 21.9 Å². The van der Waals surface area contributed by atoms with Gasteiger partial charge in [0.1, 0.15) is 6.54 Å². The Morgan fingerprint density at radius 3 is 2.82 bits per heavy atom. The van der Waals surface area contributed by atoms with Gasteiger partial charge in [-0.1, -0.05) is 19.3 Å². The van der Waals surface area contributed by atoms with Crippen LogP contribution in [0.2, 0.25) is 0 Å². The van der Waals surface area contributed by atoms with Crippen LogP contribution in [0.5, 0.6) is 11.5 Å². The number of nitrogens with one attached hydrogen (secondary N) is 1. The highest BCUT2D eigenvalue weighted by Crippen LogP contribution is 2.40. The number of fused-ring (bicyclic) bond motifs is 2. The maximum Gasteiger partial charge on any atom is 0.246 e. The molecule has 0 aromatic heterocycles. The zero-order valence-electron chi connectivity index (χ0n) is 19.3. The van der Waals surface area contributed by atoms with Crippen LogP contribution in [0.15, 0.2) is 17.1 Å². The monoisotopic (exact) mass is 458 g/mol. The Labute approximate surface area is 194 Å². The van der Waals surface area contributed by atoms with Crippen molar-refractivity contribution < 1.29 is 24.2 Å². The van der Waals surface area contributed by atoms with Gasteiger partial charge in [0.15, 0.2) is 11.5 Å². The minimum absolute atomic E-state index is 0.0106. The van der Waals surface area contributed by atoms with E-state index < -0.39 is 0 Å². The number of guanidine groups is 1. The molecule has 0 radical (unpaired) electrons. The summed E-state index contributed by atoms with van der Waals surface area (Å²) in [5.74, 6) is 1.93. The van der Waals surface area contributed by atoms with E-state index in [2.05, 4.69) is 10.3 Å². The average molecular weight is 459 g/mol. The summed E-state index contributed by atoms with van der Waals surface area (Å²) in [5.41, 5.74) is 1.67. The predicted octanol–water partition coefficient (Wildman–Crippen LogP) is 2.33. The van der Waals surface area contributed by atoms with E-state index in [9.17, 15) is 14.7 Å². The van der Waals surface area contributed by atoms with E-state index in [0.29, 0.717) is 43.6 Å². The van der Waals surface area contributed by atoms with E-state index in [4.69, 9.17) is 9.47 Å². The molecule has 1 saturated carbocycles. The Morgan fingerprint density at radius 2 is 2.06 bits per heavy atom. The smallest absolute Gasteiger partial charge is 0.246 e. The maximum absolute atomic E-state index is 12.7. The summed E-state index contributed by atoms with van der Waals surface area (Å²) < 4.78 is 11.6. The van der Waals surface area contributed by atoms with Crippen LogP contribution in [-0.4, -0.2) is 72.1 Å². The van der Waals surface area contributed by atoms with E-state index in [1.54, 1.807) is 7.11 Å². The van der Waals surface area contributed by atoms with Crippen LogP contribution in [0.1, 0.15) is 56.9 Å². The maximum atomic E-state index is 12.7. The third-order valence-corrected chi connectivity index (χ3v) is 6.58. The largest absolute Gasteiger partial charge is 0.492 e. The van der Waals surface area contributed by atoms with Gasteiger partial charge in [-0.2, -0.15) is 0 Å². The third-order valence-electron chi connectivity index (χ3n) is 6.58. The van der Waals surface area contributed by atoms with Gasteiger partial charge in [0.2, 0.25) is 17.8 Å². The standard InChI is InChI=1S/C24H34N4O5/c1-32-23-18-15-27-16-21(30)26-24(27)25-19(18)10-11-20(23)33-14-6-5-9-22(31)28(12-13-29)17-7-3-2-4-8-17/h10-11,17,29H,2-9,12-16H2,1H3,(H,25,26,30). The van der Waals surface area contributed by atoms with E-state index >= 15 is 0 Å². The molecule has 33 heavy (non-hydrogen) atoms. The van der Waals surface area contributed by atoms with Gasteiger partial charge in [0.25, 0.3) is 0 Å². The highest BCUT2D eigenvalue weighted by atomic mass is 16.5. The average Bonchev–Trinajstić information content (AvgIpc) is 3.19. The van der Waals surface area contributed by atoms with Gasteiger partial charge in [-0.15, -0.1) is 0 Å². The van der Waals surface area contributed by atoms with Gasteiger partial charge in [0, 0.05) is 24.6 Å². The molecule has 2 amide bonds. The van der Waals surface area contributed by atoms with E-state index in [1.165, 1.54) is 6.42 Å². The number of aliphatic imine (C=N–C) groups is 1. The lowest BCUT2D eigenvalue weighted by Crippen LogP contribution is -2.43. The molecular formula is C24H34N4O5. The van der Waals surface area contributed by atoms with Crippen molar-refractivity contribution in [1.82, 2.24) is 15.1 Å². The van der Waals surface area contributed by atoms with E-state index in [0.717, 1.165) is 49.8 Å². The first kappa shape index (κ1) is 23.4. The fraction of sp³-hybridized carbons (Fsp3) is 0.625. The first-order chi connectivity index (χ1) is 16.1. The van der Waals surface area contributed by atoms with Crippen molar-refractivity contribution in [2.45, 2.75) is 64.0 Å². The number of carbonyl (C=O) groups is 2. The summed E-state index contributed by atoms with van der Waals surface area (Å²) in [4.78, 5) is 32.7. The Bertz CT molecular complexity index is 897. The molecule has 0 atom stereocenters. The summed E-state index contributed by atoms with van der Waals surface area (Å²) in [5, 5.41) is 12.2. The minimum Gasteiger partial charge on any atom is -0.492 e. The predicted molar refractivity (Wildman–Crippen MR) is 124 cm³/mol. The zero-order chi connectivity index (χ0) is 23.2. The number of methoxy groups -OCH3 is 1. The lowest BCUT2D eigenvalue weighted by Gasteiger charge is -2.34. The molecule has 1 aliphatic carbocycles. The summed E-state index contributed by atoms with van der Waals surface area (Å²) in [7, 11) is 1.61. The topological polar surface area (TPSA) is 104 Å². The van der Waals surface area contributed by atoms with Crippen LogP contribution in [0.4, 0.5) is 5.69 Å². The third kappa shape index (κ3) is 5.40. The molecule has 4 rings (SSSR count). The molecule has 3 aliphatic rings. The Morgan fingerprint density at radius 1 is 1.24 bits per heavy atom. The summed E-state index contributed by atoms with van der Waals surface area (Å²) in [6.07, 6.45) is 7.59. The number of hydrogen-bond acceptors (Lipinski definition) is 7. The number of aliphatic hydroxyl groups is 1. The van der Waals surface area contributed by atoms with E-state index in [-0.39, 0.29) is 31.0 Å². The number of aliphatic hydroxyl groups excluding tert-OH is 1. The van der Waals surface area contributed by atoms with Crippen LogP contribution < -0.4 is 14.8 Å². The molecule has 1 aromatic rings. The molecule has 180 valence electrons. The number of benzene rings is 1. The van der Waals surface area contributed by atoms with Crippen molar-refractivity contribution in [3.8, 4) is 11.5 Å². The number of hydrogen-bond donors (Lipinski definition) is 2. The molecular weight excluding hydrogens is 424 g/mol. The zero-order valence-corrected chi connectivity index (χ0v) is 19.3. The molecule has 9 heteroatoms. The van der Waals surface area contributed by atoms with Crippen LogP contribution in [0, 0.1) is 0 Å².